The quantitative estimate of drug-likeness (QED) is 0.688. The maximum atomic E-state index is 12.9. The first-order valence-electron chi connectivity index (χ1n) is 8.74. The zero-order valence-corrected chi connectivity index (χ0v) is 16.4. The summed E-state index contributed by atoms with van der Waals surface area (Å²) in [4.78, 5) is 31.4. The Balaban J connectivity index is 1.86. The molecule has 0 spiro atoms. The molecule has 7 nitrogen and oxygen atoms in total. The van der Waals surface area contributed by atoms with E-state index in [4.69, 9.17) is 16.3 Å². The molecule has 3 rings (SSSR count). The lowest BCUT2D eigenvalue weighted by Crippen LogP contribution is -2.35. The molecule has 28 heavy (non-hydrogen) atoms. The monoisotopic (exact) mass is 400 g/mol. The van der Waals surface area contributed by atoms with Crippen LogP contribution in [-0.2, 0) is 17.8 Å². The van der Waals surface area contributed by atoms with Gasteiger partial charge in [0.25, 0.3) is 5.56 Å². The number of methoxy groups -OCH3 is 1. The topological polar surface area (TPSA) is 76.5 Å². The van der Waals surface area contributed by atoms with Crippen LogP contribution in [0.1, 0.15) is 5.82 Å². The summed E-state index contributed by atoms with van der Waals surface area (Å²) >= 11 is 5.87. The van der Waals surface area contributed by atoms with Crippen LogP contribution >= 0.6 is 11.6 Å². The van der Waals surface area contributed by atoms with E-state index in [0.717, 1.165) is 0 Å². The number of hydrogen-bond acceptors (Lipinski definition) is 4. The Kier molecular flexibility index (Phi) is 6.28. The molecule has 0 fully saturated rings. The van der Waals surface area contributed by atoms with Gasteiger partial charge in [0.2, 0.25) is 0 Å². The maximum absolute atomic E-state index is 12.9. The molecule has 146 valence electrons. The van der Waals surface area contributed by atoms with Crippen LogP contribution in [0.5, 0.6) is 0 Å². The van der Waals surface area contributed by atoms with Gasteiger partial charge >= 0.3 is 6.03 Å². The summed E-state index contributed by atoms with van der Waals surface area (Å²) < 4.78 is 6.67. The second kappa shape index (κ2) is 8.86. The number of aromatic nitrogens is 2. The highest BCUT2D eigenvalue weighted by Gasteiger charge is 2.16. The lowest BCUT2D eigenvalue weighted by molar-refractivity contribution is 0.183. The maximum Gasteiger partial charge on any atom is 0.321 e. The molecule has 8 heteroatoms. The SMILES string of the molecule is COCCn1c(CN(C)C(=O)Nc2ccc(Cl)cc2)nc2ccccc2c1=O. The van der Waals surface area contributed by atoms with Crippen LogP contribution in [0.25, 0.3) is 10.9 Å². The summed E-state index contributed by atoms with van der Waals surface area (Å²) in [5, 5.41) is 3.92. The molecule has 1 aromatic heterocycles. The van der Waals surface area contributed by atoms with E-state index in [1.165, 1.54) is 4.90 Å². The van der Waals surface area contributed by atoms with E-state index in [-0.39, 0.29) is 18.1 Å². The van der Waals surface area contributed by atoms with Gasteiger partial charge in [0.15, 0.2) is 0 Å². The smallest absolute Gasteiger partial charge is 0.321 e. The average molecular weight is 401 g/mol. The van der Waals surface area contributed by atoms with Crippen LogP contribution < -0.4 is 10.9 Å². The molecule has 0 aliphatic rings. The molecule has 3 aromatic rings. The number of carbonyl (C=O) groups is 1. The van der Waals surface area contributed by atoms with Crippen LogP contribution in [0.15, 0.2) is 53.3 Å². The summed E-state index contributed by atoms with van der Waals surface area (Å²) in [5.41, 5.74) is 1.08. The molecular formula is C20H21ClN4O3. The van der Waals surface area contributed by atoms with Crippen LogP contribution in [0.3, 0.4) is 0 Å². The highest BCUT2D eigenvalue weighted by Crippen LogP contribution is 2.14. The minimum Gasteiger partial charge on any atom is -0.383 e. The summed E-state index contributed by atoms with van der Waals surface area (Å²) in [6.45, 7) is 0.895. The third-order valence-electron chi connectivity index (χ3n) is 4.28. The summed E-state index contributed by atoms with van der Waals surface area (Å²) in [6.07, 6.45) is 0. The number of rotatable bonds is 6. The van der Waals surface area contributed by atoms with E-state index in [1.807, 2.05) is 6.07 Å². The Morgan fingerprint density at radius 1 is 1.21 bits per heavy atom. The van der Waals surface area contributed by atoms with E-state index >= 15 is 0 Å². The first kappa shape index (κ1) is 19.9. The fourth-order valence-electron chi connectivity index (χ4n) is 2.78. The summed E-state index contributed by atoms with van der Waals surface area (Å²) in [7, 11) is 3.22. The van der Waals surface area contributed by atoms with Crippen molar-refractivity contribution >= 4 is 34.2 Å². The predicted octanol–water partition coefficient (Wildman–Crippen LogP) is 3.36. The summed E-state index contributed by atoms with van der Waals surface area (Å²) in [6, 6.07) is 13.7. The molecule has 0 aliphatic heterocycles. The van der Waals surface area contributed by atoms with Crippen LogP contribution in [0, 0.1) is 0 Å². The number of anilines is 1. The first-order chi connectivity index (χ1) is 13.5. The highest BCUT2D eigenvalue weighted by atomic mass is 35.5. The number of nitrogens with zero attached hydrogens (tertiary/aromatic N) is 3. The third-order valence-corrected chi connectivity index (χ3v) is 4.53. The Bertz CT molecular complexity index is 1030. The van der Waals surface area contributed by atoms with Crippen molar-refractivity contribution in [2.45, 2.75) is 13.1 Å². The number of halogens is 1. The second-order valence-electron chi connectivity index (χ2n) is 6.29. The third kappa shape index (κ3) is 4.49. The number of benzene rings is 2. The van der Waals surface area contributed by atoms with Crippen LogP contribution in [0.2, 0.25) is 5.02 Å². The van der Waals surface area contributed by atoms with E-state index in [2.05, 4.69) is 10.3 Å². The van der Waals surface area contributed by atoms with Gasteiger partial charge in [-0.3, -0.25) is 9.36 Å². The molecule has 0 aliphatic carbocycles. The fourth-order valence-corrected chi connectivity index (χ4v) is 2.91. The average Bonchev–Trinajstić information content (AvgIpc) is 2.69. The van der Waals surface area contributed by atoms with E-state index in [9.17, 15) is 9.59 Å². The molecule has 1 heterocycles. The zero-order chi connectivity index (χ0) is 20.1. The number of urea groups is 1. The van der Waals surface area contributed by atoms with Gasteiger partial charge in [-0.2, -0.15) is 0 Å². The van der Waals surface area contributed by atoms with Crippen molar-refractivity contribution in [2.75, 3.05) is 26.1 Å². The van der Waals surface area contributed by atoms with Crippen LogP contribution in [0.4, 0.5) is 10.5 Å². The lowest BCUT2D eigenvalue weighted by Gasteiger charge is -2.20. The summed E-state index contributed by atoms with van der Waals surface area (Å²) in [5.74, 6) is 0.495. The molecular weight excluding hydrogens is 380 g/mol. The number of fused-ring (bicyclic) bond motifs is 1. The number of para-hydroxylation sites is 1. The van der Waals surface area contributed by atoms with E-state index in [0.29, 0.717) is 40.6 Å². The minimum atomic E-state index is -0.317. The van der Waals surface area contributed by atoms with Gasteiger partial charge in [0.05, 0.1) is 30.6 Å². The first-order valence-corrected chi connectivity index (χ1v) is 9.12. The zero-order valence-electron chi connectivity index (χ0n) is 15.7. The lowest BCUT2D eigenvalue weighted by atomic mass is 10.2. The normalized spacial score (nSPS) is 10.8. The second-order valence-corrected chi connectivity index (χ2v) is 6.72. The van der Waals surface area contributed by atoms with Crippen molar-refractivity contribution in [3.8, 4) is 0 Å². The number of hydrogen-bond donors (Lipinski definition) is 1. The molecule has 0 bridgehead atoms. The van der Waals surface area contributed by atoms with Gasteiger partial charge in [-0.25, -0.2) is 9.78 Å². The Hall–Kier alpha value is -2.90. The van der Waals surface area contributed by atoms with E-state index in [1.54, 1.807) is 61.2 Å². The van der Waals surface area contributed by atoms with E-state index < -0.39 is 0 Å². The molecule has 2 aromatic carbocycles. The van der Waals surface area contributed by atoms with Gasteiger partial charge in [-0.05, 0) is 36.4 Å². The molecule has 1 N–H and O–H groups in total. The van der Waals surface area contributed by atoms with Crippen molar-refractivity contribution in [3.05, 3.63) is 69.7 Å². The van der Waals surface area contributed by atoms with Gasteiger partial charge in [0, 0.05) is 24.9 Å². The molecule has 2 amide bonds. The van der Waals surface area contributed by atoms with Crippen molar-refractivity contribution in [1.29, 1.82) is 0 Å². The minimum absolute atomic E-state index is 0.149. The van der Waals surface area contributed by atoms with Crippen molar-refractivity contribution < 1.29 is 9.53 Å². The standard InChI is InChI=1S/C20H21ClN4O3/c1-24(20(27)22-15-9-7-14(21)8-10-15)13-18-23-17-6-4-3-5-16(17)19(26)25(18)11-12-28-2/h3-10H,11-13H2,1-2H3,(H,22,27). The van der Waals surface area contributed by atoms with Crippen molar-refractivity contribution in [2.24, 2.45) is 0 Å². The molecule has 0 saturated carbocycles. The highest BCUT2D eigenvalue weighted by molar-refractivity contribution is 6.30. The number of ether oxygens (including phenoxy) is 1. The Labute approximate surface area is 167 Å². The molecule has 0 unspecified atom stereocenters. The fraction of sp³-hybridized carbons (Fsp3) is 0.250. The number of carbonyl (C=O) groups excluding carboxylic acids is 1. The Morgan fingerprint density at radius 3 is 2.64 bits per heavy atom. The van der Waals surface area contributed by atoms with Gasteiger partial charge < -0.3 is 15.0 Å². The van der Waals surface area contributed by atoms with Crippen molar-refractivity contribution in [1.82, 2.24) is 14.5 Å². The van der Waals surface area contributed by atoms with Gasteiger partial charge in [-0.15, -0.1) is 0 Å². The van der Waals surface area contributed by atoms with Crippen molar-refractivity contribution in [3.63, 3.8) is 0 Å². The largest absolute Gasteiger partial charge is 0.383 e. The number of amides is 2. The molecule has 0 atom stereocenters. The predicted molar refractivity (Wildman–Crippen MR) is 110 cm³/mol. The van der Waals surface area contributed by atoms with Crippen LogP contribution in [-0.4, -0.2) is 41.2 Å². The van der Waals surface area contributed by atoms with Gasteiger partial charge in [-0.1, -0.05) is 23.7 Å². The molecule has 0 radical (unpaired) electrons. The van der Waals surface area contributed by atoms with Gasteiger partial charge in [0.1, 0.15) is 5.82 Å². The number of nitrogens with one attached hydrogen (secondary N) is 1. The Morgan fingerprint density at radius 2 is 1.93 bits per heavy atom. The molecule has 0 saturated heterocycles.